The number of nitrogens with zero attached hydrogens (tertiary/aromatic N) is 5. The smallest absolute Gasteiger partial charge is 0.303 e. The van der Waals surface area contributed by atoms with Gasteiger partial charge in [0.2, 0.25) is 21.8 Å². The van der Waals surface area contributed by atoms with Crippen molar-refractivity contribution in [1.29, 1.82) is 0 Å². The van der Waals surface area contributed by atoms with Gasteiger partial charge in [0, 0.05) is 32.5 Å². The van der Waals surface area contributed by atoms with E-state index in [4.69, 9.17) is 16.0 Å². The van der Waals surface area contributed by atoms with Crippen LogP contribution in [-0.2, 0) is 14.8 Å². The first kappa shape index (κ1) is 30.2. The zero-order valence-electron chi connectivity index (χ0n) is 24.0. The third-order valence-electron chi connectivity index (χ3n) is 8.22. The van der Waals surface area contributed by atoms with Crippen molar-refractivity contribution in [2.24, 2.45) is 11.8 Å². The molecular formula is C29H37ClN6O5S. The van der Waals surface area contributed by atoms with Gasteiger partial charge in [0.05, 0.1) is 22.9 Å². The number of anilines is 2. The van der Waals surface area contributed by atoms with Crippen molar-refractivity contribution in [3.8, 4) is 11.5 Å². The molecule has 0 radical (unpaired) electrons. The molecule has 1 aliphatic carbocycles. The summed E-state index contributed by atoms with van der Waals surface area (Å²) in [4.78, 5) is 17.9. The molecule has 1 aliphatic heterocycles. The number of carboxylic acid groups (broad SMARTS) is 1. The molecule has 0 spiro atoms. The highest BCUT2D eigenvalue weighted by molar-refractivity contribution is 7.92. The maximum absolute atomic E-state index is 12.6. The van der Waals surface area contributed by atoms with E-state index < -0.39 is 16.0 Å². The van der Waals surface area contributed by atoms with Gasteiger partial charge in [-0.05, 0) is 55.7 Å². The van der Waals surface area contributed by atoms with E-state index in [0.29, 0.717) is 48.6 Å². The number of aromatic nitrogens is 3. The molecule has 226 valence electrons. The van der Waals surface area contributed by atoms with Crippen molar-refractivity contribution in [3.63, 3.8) is 0 Å². The van der Waals surface area contributed by atoms with Gasteiger partial charge < -0.3 is 19.7 Å². The van der Waals surface area contributed by atoms with Crippen molar-refractivity contribution in [3.05, 3.63) is 52.9 Å². The molecule has 2 aromatic heterocycles. The van der Waals surface area contributed by atoms with Crippen LogP contribution in [0.3, 0.4) is 0 Å². The molecule has 13 heteroatoms. The minimum Gasteiger partial charge on any atom is -0.481 e. The standard InChI is InChI=1S/C29H37ClN6O5S/c1-18-15-20(18)17-36(14-8-12-24(37)38)23-16-22(25(30)27(32-23)35(2)42(3,39)40)28-33-34-29(41-28)26-21(11-7-13-31-26)19-9-5-4-6-10-19/h4-6,9-10,16,18,20-21,26,31H,7-8,11-15,17H2,1-3H3,(H,37,38)/t18-,20+,21-,26-/m0/s1. The van der Waals surface area contributed by atoms with E-state index in [1.165, 1.54) is 12.6 Å². The Kier molecular flexibility index (Phi) is 9.05. The zero-order chi connectivity index (χ0) is 30.0. The highest BCUT2D eigenvalue weighted by atomic mass is 35.5. The quantitative estimate of drug-likeness (QED) is 0.294. The third kappa shape index (κ3) is 6.87. The van der Waals surface area contributed by atoms with Crippen LogP contribution in [-0.4, -0.2) is 67.6 Å². The molecule has 2 N–H and O–H groups in total. The summed E-state index contributed by atoms with van der Waals surface area (Å²) in [5, 5.41) is 21.6. The van der Waals surface area contributed by atoms with Crippen LogP contribution in [0.4, 0.5) is 11.6 Å². The number of halogens is 1. The Balaban J connectivity index is 1.54. The number of carbonyl (C=O) groups is 1. The molecule has 1 saturated heterocycles. The van der Waals surface area contributed by atoms with Crippen molar-refractivity contribution in [2.75, 3.05) is 42.1 Å². The van der Waals surface area contributed by atoms with Crippen molar-refractivity contribution >= 4 is 39.2 Å². The summed E-state index contributed by atoms with van der Waals surface area (Å²) in [5.41, 5.74) is 1.55. The van der Waals surface area contributed by atoms with Gasteiger partial charge in [-0.15, -0.1) is 10.2 Å². The number of pyridine rings is 1. The predicted octanol–water partition coefficient (Wildman–Crippen LogP) is 4.72. The number of nitrogens with one attached hydrogen (secondary N) is 1. The van der Waals surface area contributed by atoms with Crippen LogP contribution >= 0.6 is 11.6 Å². The molecule has 0 bridgehead atoms. The molecule has 3 heterocycles. The van der Waals surface area contributed by atoms with E-state index in [1.54, 1.807) is 6.07 Å². The summed E-state index contributed by atoms with van der Waals surface area (Å²) >= 11 is 6.82. The lowest BCUT2D eigenvalue weighted by atomic mass is 9.85. The number of hydrogen-bond donors (Lipinski definition) is 2. The lowest BCUT2D eigenvalue weighted by Crippen LogP contribution is -2.33. The summed E-state index contributed by atoms with van der Waals surface area (Å²) in [5.74, 6) is 1.36. The fraction of sp³-hybridized carbons (Fsp3) is 0.517. The van der Waals surface area contributed by atoms with Crippen LogP contribution < -0.4 is 14.5 Å². The van der Waals surface area contributed by atoms with E-state index in [1.807, 2.05) is 23.1 Å². The van der Waals surface area contributed by atoms with E-state index in [2.05, 4.69) is 39.6 Å². The second-order valence-corrected chi connectivity index (χ2v) is 13.7. The summed E-state index contributed by atoms with van der Waals surface area (Å²) in [6.45, 7) is 4.09. The number of benzene rings is 1. The molecule has 1 aromatic carbocycles. The zero-order valence-corrected chi connectivity index (χ0v) is 25.6. The predicted molar refractivity (Wildman–Crippen MR) is 161 cm³/mol. The molecule has 2 fully saturated rings. The average molecular weight is 617 g/mol. The second-order valence-electron chi connectivity index (χ2n) is 11.3. The molecule has 0 unspecified atom stereocenters. The average Bonchev–Trinajstić information content (AvgIpc) is 3.44. The van der Waals surface area contributed by atoms with Crippen LogP contribution in [0.5, 0.6) is 0 Å². The Morgan fingerprint density at radius 3 is 2.64 bits per heavy atom. The van der Waals surface area contributed by atoms with Gasteiger partial charge in [-0.1, -0.05) is 48.9 Å². The SMILES string of the molecule is C[C@H]1C[C@@H]1CN(CCCC(=O)O)c1cc(-c2nnc([C@H]3NCCC[C@H]3c3ccccc3)o2)c(Cl)c(N(C)S(C)(=O)=O)n1. The number of rotatable bonds is 12. The largest absolute Gasteiger partial charge is 0.481 e. The Morgan fingerprint density at radius 1 is 1.24 bits per heavy atom. The van der Waals surface area contributed by atoms with E-state index in [0.717, 1.165) is 36.4 Å². The summed E-state index contributed by atoms with van der Waals surface area (Å²) < 4.78 is 32.4. The van der Waals surface area contributed by atoms with E-state index >= 15 is 0 Å². The monoisotopic (exact) mass is 616 g/mol. The van der Waals surface area contributed by atoms with Gasteiger partial charge in [-0.25, -0.2) is 13.4 Å². The first-order valence-corrected chi connectivity index (χ1v) is 16.5. The van der Waals surface area contributed by atoms with Crippen LogP contribution in [0, 0.1) is 11.8 Å². The van der Waals surface area contributed by atoms with Gasteiger partial charge in [0.1, 0.15) is 5.82 Å². The van der Waals surface area contributed by atoms with Gasteiger partial charge in [0.25, 0.3) is 0 Å². The number of piperidine rings is 1. The van der Waals surface area contributed by atoms with E-state index in [9.17, 15) is 18.3 Å². The Labute approximate surface area is 251 Å². The van der Waals surface area contributed by atoms with Gasteiger partial charge in [-0.3, -0.25) is 9.10 Å². The molecule has 3 aromatic rings. The number of aliphatic carboxylic acids is 1. The molecule has 42 heavy (non-hydrogen) atoms. The number of sulfonamides is 1. The summed E-state index contributed by atoms with van der Waals surface area (Å²) in [7, 11) is -2.31. The maximum Gasteiger partial charge on any atom is 0.303 e. The fourth-order valence-corrected chi connectivity index (χ4v) is 6.32. The molecule has 11 nitrogen and oxygen atoms in total. The van der Waals surface area contributed by atoms with Crippen LogP contribution in [0.25, 0.3) is 11.5 Å². The minimum atomic E-state index is -3.70. The van der Waals surface area contributed by atoms with Crippen LogP contribution in [0.15, 0.2) is 40.8 Å². The Hall–Kier alpha value is -3.22. The number of hydrogen-bond acceptors (Lipinski definition) is 9. The molecule has 5 rings (SSSR count). The molecular weight excluding hydrogens is 580 g/mol. The van der Waals surface area contributed by atoms with Crippen LogP contribution in [0.2, 0.25) is 5.02 Å². The topological polar surface area (TPSA) is 142 Å². The second kappa shape index (κ2) is 12.6. The van der Waals surface area contributed by atoms with Gasteiger partial charge in [-0.2, -0.15) is 0 Å². The van der Waals surface area contributed by atoms with Crippen molar-refractivity contribution in [2.45, 2.75) is 51.0 Å². The fourth-order valence-electron chi connectivity index (χ4n) is 5.52. The van der Waals surface area contributed by atoms with Crippen LogP contribution in [0.1, 0.15) is 62.4 Å². The van der Waals surface area contributed by atoms with Crippen molar-refractivity contribution < 1.29 is 22.7 Å². The lowest BCUT2D eigenvalue weighted by Gasteiger charge is -2.30. The third-order valence-corrected chi connectivity index (χ3v) is 9.76. The Morgan fingerprint density at radius 2 is 1.98 bits per heavy atom. The minimum absolute atomic E-state index is 0.0112. The first-order chi connectivity index (χ1) is 20.0. The lowest BCUT2D eigenvalue weighted by molar-refractivity contribution is -0.137. The highest BCUT2D eigenvalue weighted by Gasteiger charge is 2.36. The van der Waals surface area contributed by atoms with Gasteiger partial charge in [0.15, 0.2) is 5.82 Å². The summed E-state index contributed by atoms with van der Waals surface area (Å²) in [6.07, 6.45) is 4.56. The van der Waals surface area contributed by atoms with Crippen molar-refractivity contribution in [1.82, 2.24) is 20.5 Å². The Bertz CT molecular complexity index is 1520. The van der Waals surface area contributed by atoms with Gasteiger partial charge >= 0.3 is 5.97 Å². The molecule has 4 atom stereocenters. The maximum atomic E-state index is 12.6. The molecule has 2 aliphatic rings. The highest BCUT2D eigenvalue weighted by Crippen LogP contribution is 2.42. The summed E-state index contributed by atoms with van der Waals surface area (Å²) in [6, 6.07) is 11.8. The molecule has 1 saturated carbocycles. The molecule has 0 amide bonds. The normalized spacial score (nSPS) is 22.1. The first-order valence-electron chi connectivity index (χ1n) is 14.3. The number of carboxylic acids is 1. The van der Waals surface area contributed by atoms with E-state index in [-0.39, 0.29) is 35.1 Å².